The second-order valence-electron chi connectivity index (χ2n) is 3.64. The average Bonchev–Trinajstić information content (AvgIpc) is 2.70. The van der Waals surface area contributed by atoms with Gasteiger partial charge in [-0.2, -0.15) is 0 Å². The second-order valence-corrected chi connectivity index (χ2v) is 4.76. The number of aryl methyl sites for hydroxylation is 2. The Bertz CT molecular complexity index is 474. The number of aromatic nitrogens is 1. The fourth-order valence-corrected chi connectivity index (χ4v) is 2.41. The van der Waals surface area contributed by atoms with Crippen LogP contribution in [0.1, 0.15) is 16.1 Å². The zero-order valence-corrected chi connectivity index (χ0v) is 9.77. The summed E-state index contributed by atoms with van der Waals surface area (Å²) in [6, 6.07) is 6.47. The largest absolute Gasteiger partial charge is 0.325 e. The topological polar surface area (TPSA) is 38.9 Å². The van der Waals surface area contributed by atoms with Crippen LogP contribution in [-0.4, -0.2) is 4.98 Å². The standard InChI is InChI=1S/C12H14N2S/c1-8-3-4-9(2)10(5-8)11-7-14-12(6-13)15-11/h3-5,7H,6,13H2,1-2H3. The van der Waals surface area contributed by atoms with Crippen molar-refractivity contribution in [3.8, 4) is 10.4 Å². The molecule has 1 aromatic carbocycles. The summed E-state index contributed by atoms with van der Waals surface area (Å²) in [4.78, 5) is 5.48. The van der Waals surface area contributed by atoms with E-state index in [0.29, 0.717) is 6.54 Å². The predicted octanol–water partition coefficient (Wildman–Crippen LogP) is 2.89. The Hall–Kier alpha value is -1.19. The Morgan fingerprint density at radius 1 is 1.33 bits per heavy atom. The van der Waals surface area contributed by atoms with Gasteiger partial charge in [-0.15, -0.1) is 11.3 Å². The maximum atomic E-state index is 5.56. The SMILES string of the molecule is Cc1ccc(C)c(-c2cnc(CN)s2)c1. The summed E-state index contributed by atoms with van der Waals surface area (Å²) in [5.74, 6) is 0. The summed E-state index contributed by atoms with van der Waals surface area (Å²) in [7, 11) is 0. The lowest BCUT2D eigenvalue weighted by Gasteiger charge is -2.03. The van der Waals surface area contributed by atoms with Crippen LogP contribution < -0.4 is 5.73 Å². The van der Waals surface area contributed by atoms with Crippen LogP contribution in [0.3, 0.4) is 0 Å². The highest BCUT2D eigenvalue weighted by atomic mass is 32.1. The molecule has 2 rings (SSSR count). The highest BCUT2D eigenvalue weighted by molar-refractivity contribution is 7.15. The normalized spacial score (nSPS) is 10.6. The Labute approximate surface area is 93.8 Å². The molecule has 0 amide bonds. The van der Waals surface area contributed by atoms with Crippen LogP contribution in [0.5, 0.6) is 0 Å². The van der Waals surface area contributed by atoms with Crippen LogP contribution in [0.25, 0.3) is 10.4 Å². The molecule has 2 nitrogen and oxygen atoms in total. The van der Waals surface area contributed by atoms with Crippen molar-refractivity contribution in [1.82, 2.24) is 4.98 Å². The van der Waals surface area contributed by atoms with Gasteiger partial charge in [-0.1, -0.05) is 23.8 Å². The molecule has 3 heteroatoms. The third-order valence-corrected chi connectivity index (χ3v) is 3.44. The second kappa shape index (κ2) is 4.13. The van der Waals surface area contributed by atoms with Crippen molar-refractivity contribution in [3.05, 3.63) is 40.5 Å². The van der Waals surface area contributed by atoms with Crippen LogP contribution in [0.4, 0.5) is 0 Å². The number of rotatable bonds is 2. The molecule has 0 fully saturated rings. The van der Waals surface area contributed by atoms with Crippen molar-refractivity contribution in [2.24, 2.45) is 5.73 Å². The number of nitrogens with zero attached hydrogens (tertiary/aromatic N) is 1. The van der Waals surface area contributed by atoms with Gasteiger partial charge in [0, 0.05) is 12.7 Å². The molecule has 78 valence electrons. The molecular formula is C12H14N2S. The van der Waals surface area contributed by atoms with Gasteiger partial charge in [0.25, 0.3) is 0 Å². The summed E-state index contributed by atoms with van der Waals surface area (Å²) in [5.41, 5.74) is 9.39. The first-order chi connectivity index (χ1) is 7.20. The van der Waals surface area contributed by atoms with E-state index in [0.717, 1.165) is 5.01 Å². The third kappa shape index (κ3) is 2.08. The van der Waals surface area contributed by atoms with Gasteiger partial charge in [-0.25, -0.2) is 4.98 Å². The number of hydrogen-bond donors (Lipinski definition) is 1. The van der Waals surface area contributed by atoms with Gasteiger partial charge in [-0.05, 0) is 25.0 Å². The molecule has 0 unspecified atom stereocenters. The average molecular weight is 218 g/mol. The quantitative estimate of drug-likeness (QED) is 0.841. The number of thiazole rings is 1. The van der Waals surface area contributed by atoms with E-state index in [1.54, 1.807) is 11.3 Å². The monoisotopic (exact) mass is 218 g/mol. The van der Waals surface area contributed by atoms with Crippen LogP contribution in [0.2, 0.25) is 0 Å². The fraction of sp³-hybridized carbons (Fsp3) is 0.250. The molecule has 2 N–H and O–H groups in total. The molecule has 0 aliphatic heterocycles. The van der Waals surface area contributed by atoms with E-state index in [1.807, 2.05) is 6.20 Å². The summed E-state index contributed by atoms with van der Waals surface area (Å²) in [6.07, 6.45) is 1.91. The minimum Gasteiger partial charge on any atom is -0.325 e. The molecule has 1 heterocycles. The maximum Gasteiger partial charge on any atom is 0.107 e. The van der Waals surface area contributed by atoms with Crippen LogP contribution in [-0.2, 0) is 6.54 Å². The number of benzene rings is 1. The molecule has 0 bridgehead atoms. The van der Waals surface area contributed by atoms with E-state index in [-0.39, 0.29) is 0 Å². The van der Waals surface area contributed by atoms with Gasteiger partial charge in [0.2, 0.25) is 0 Å². The summed E-state index contributed by atoms with van der Waals surface area (Å²) in [5, 5.41) is 0.992. The Morgan fingerprint density at radius 2 is 2.13 bits per heavy atom. The lowest BCUT2D eigenvalue weighted by atomic mass is 10.1. The minimum atomic E-state index is 0.523. The Kier molecular flexibility index (Phi) is 2.84. The van der Waals surface area contributed by atoms with Crippen molar-refractivity contribution in [3.63, 3.8) is 0 Å². The van der Waals surface area contributed by atoms with E-state index >= 15 is 0 Å². The lowest BCUT2D eigenvalue weighted by Crippen LogP contribution is -1.93. The van der Waals surface area contributed by atoms with E-state index in [4.69, 9.17) is 5.73 Å². The van der Waals surface area contributed by atoms with Crippen molar-refractivity contribution in [2.45, 2.75) is 20.4 Å². The Morgan fingerprint density at radius 3 is 2.80 bits per heavy atom. The first-order valence-electron chi connectivity index (χ1n) is 4.93. The van der Waals surface area contributed by atoms with Gasteiger partial charge in [-0.3, -0.25) is 0 Å². The zero-order valence-electron chi connectivity index (χ0n) is 8.95. The van der Waals surface area contributed by atoms with Crippen LogP contribution >= 0.6 is 11.3 Å². The molecule has 0 radical (unpaired) electrons. The molecule has 0 saturated carbocycles. The minimum absolute atomic E-state index is 0.523. The summed E-state index contributed by atoms with van der Waals surface area (Å²) in [6.45, 7) is 4.75. The van der Waals surface area contributed by atoms with Crippen molar-refractivity contribution >= 4 is 11.3 Å². The molecule has 1 aromatic heterocycles. The molecule has 0 aliphatic rings. The van der Waals surface area contributed by atoms with Crippen molar-refractivity contribution in [1.29, 1.82) is 0 Å². The third-order valence-electron chi connectivity index (χ3n) is 2.39. The van der Waals surface area contributed by atoms with E-state index in [9.17, 15) is 0 Å². The van der Waals surface area contributed by atoms with Crippen molar-refractivity contribution in [2.75, 3.05) is 0 Å². The first-order valence-corrected chi connectivity index (χ1v) is 5.75. The lowest BCUT2D eigenvalue weighted by molar-refractivity contribution is 1.04. The molecule has 0 spiro atoms. The van der Waals surface area contributed by atoms with Gasteiger partial charge >= 0.3 is 0 Å². The van der Waals surface area contributed by atoms with Crippen molar-refractivity contribution < 1.29 is 0 Å². The highest BCUT2D eigenvalue weighted by Crippen LogP contribution is 2.29. The number of nitrogens with two attached hydrogens (primary N) is 1. The Balaban J connectivity index is 2.48. The van der Waals surface area contributed by atoms with E-state index in [1.165, 1.54) is 21.6 Å². The smallest absolute Gasteiger partial charge is 0.107 e. The maximum absolute atomic E-state index is 5.56. The highest BCUT2D eigenvalue weighted by Gasteiger charge is 2.06. The first kappa shape index (κ1) is 10.3. The van der Waals surface area contributed by atoms with Crippen LogP contribution in [0.15, 0.2) is 24.4 Å². The molecule has 0 atom stereocenters. The van der Waals surface area contributed by atoms with E-state index < -0.39 is 0 Å². The number of hydrogen-bond acceptors (Lipinski definition) is 3. The molecule has 0 aliphatic carbocycles. The molecular weight excluding hydrogens is 204 g/mol. The summed E-state index contributed by atoms with van der Waals surface area (Å²) >= 11 is 1.67. The molecule has 15 heavy (non-hydrogen) atoms. The summed E-state index contributed by atoms with van der Waals surface area (Å²) < 4.78 is 0. The van der Waals surface area contributed by atoms with Gasteiger partial charge in [0.05, 0.1) is 4.88 Å². The molecule has 0 saturated heterocycles. The van der Waals surface area contributed by atoms with Crippen LogP contribution in [0, 0.1) is 13.8 Å². The fourth-order valence-electron chi connectivity index (χ4n) is 1.53. The van der Waals surface area contributed by atoms with Gasteiger partial charge in [0.15, 0.2) is 0 Å². The van der Waals surface area contributed by atoms with Gasteiger partial charge in [0.1, 0.15) is 5.01 Å². The molecule has 2 aromatic rings. The van der Waals surface area contributed by atoms with Gasteiger partial charge < -0.3 is 5.73 Å². The zero-order chi connectivity index (χ0) is 10.8. The van der Waals surface area contributed by atoms with E-state index in [2.05, 4.69) is 37.0 Å². The predicted molar refractivity (Wildman–Crippen MR) is 64.9 cm³/mol.